The molecule has 2 aromatic rings. The van der Waals surface area contributed by atoms with E-state index in [0.717, 1.165) is 11.8 Å². The van der Waals surface area contributed by atoms with Gasteiger partial charge in [0.25, 0.3) is 5.91 Å². The molecule has 0 bridgehead atoms. The molecule has 1 N–H and O–H groups in total. The maximum absolute atomic E-state index is 14.0. The molecule has 196 valence electrons. The van der Waals surface area contributed by atoms with E-state index in [1.807, 2.05) is 35.2 Å². The maximum Gasteiger partial charge on any atom is 0.321 e. The lowest BCUT2D eigenvalue weighted by Gasteiger charge is -2.43. The summed E-state index contributed by atoms with van der Waals surface area (Å²) < 4.78 is 32.6. The highest BCUT2D eigenvalue weighted by Gasteiger charge is 2.54. The highest BCUT2D eigenvalue weighted by molar-refractivity contribution is 5.97. The molecular formula is C26H29F2N5O4. The number of piperidine rings is 1. The van der Waals surface area contributed by atoms with Gasteiger partial charge in [0.2, 0.25) is 5.91 Å². The van der Waals surface area contributed by atoms with Crippen molar-refractivity contribution in [3.63, 3.8) is 0 Å². The Hall–Kier alpha value is -3.73. The van der Waals surface area contributed by atoms with Crippen molar-refractivity contribution >= 4 is 29.2 Å². The molecule has 0 aliphatic carbocycles. The predicted octanol–water partition coefficient (Wildman–Crippen LogP) is 2.50. The summed E-state index contributed by atoms with van der Waals surface area (Å²) in [4.78, 5) is 46.4. The highest BCUT2D eigenvalue weighted by Crippen LogP contribution is 2.39. The van der Waals surface area contributed by atoms with E-state index >= 15 is 0 Å². The number of anilines is 2. The molecule has 9 nitrogen and oxygen atoms in total. The van der Waals surface area contributed by atoms with E-state index in [2.05, 4.69) is 5.32 Å². The van der Waals surface area contributed by atoms with Gasteiger partial charge in [-0.3, -0.25) is 9.59 Å². The number of nitrogens with zero attached hydrogens (tertiary/aromatic N) is 4. The highest BCUT2D eigenvalue weighted by atomic mass is 19.1. The number of hydrogen-bond acceptors (Lipinski definition) is 5. The number of nitrogens with one attached hydrogen (secondary N) is 1. The van der Waals surface area contributed by atoms with Crippen LogP contribution < -0.4 is 10.2 Å². The Morgan fingerprint density at radius 2 is 1.65 bits per heavy atom. The zero-order valence-electron chi connectivity index (χ0n) is 20.4. The van der Waals surface area contributed by atoms with Crippen LogP contribution in [-0.2, 0) is 14.3 Å². The summed E-state index contributed by atoms with van der Waals surface area (Å²) in [5.41, 5.74) is -0.143. The topological polar surface area (TPSA) is 85.4 Å². The fourth-order valence-corrected chi connectivity index (χ4v) is 5.26. The third kappa shape index (κ3) is 4.95. The van der Waals surface area contributed by atoms with Gasteiger partial charge in [0.05, 0.1) is 25.6 Å². The second-order valence-electron chi connectivity index (χ2n) is 9.47. The van der Waals surface area contributed by atoms with Crippen LogP contribution in [0.3, 0.4) is 0 Å². The van der Waals surface area contributed by atoms with Crippen LogP contribution in [-0.4, -0.2) is 90.7 Å². The van der Waals surface area contributed by atoms with Crippen molar-refractivity contribution in [2.75, 3.05) is 62.8 Å². The molecule has 3 aliphatic heterocycles. The van der Waals surface area contributed by atoms with Gasteiger partial charge in [0.1, 0.15) is 23.7 Å². The van der Waals surface area contributed by atoms with Gasteiger partial charge in [0.15, 0.2) is 0 Å². The fraction of sp³-hybridized carbons (Fsp3) is 0.423. The molecule has 3 fully saturated rings. The quantitative estimate of drug-likeness (QED) is 0.679. The molecule has 1 spiro atoms. The zero-order chi connectivity index (χ0) is 26.0. The number of amides is 4. The number of hydrogen-bond donors (Lipinski definition) is 1. The number of carbonyl (C=O) groups is 3. The van der Waals surface area contributed by atoms with Gasteiger partial charge in [-0.25, -0.2) is 13.6 Å². The lowest BCUT2D eigenvalue weighted by Crippen LogP contribution is -2.58. The van der Waals surface area contributed by atoms with E-state index in [1.54, 1.807) is 9.80 Å². The summed E-state index contributed by atoms with van der Waals surface area (Å²) in [6.07, 6.45) is 0.699. The number of ether oxygens (including phenoxy) is 1. The van der Waals surface area contributed by atoms with Crippen molar-refractivity contribution in [3.8, 4) is 0 Å². The van der Waals surface area contributed by atoms with Crippen LogP contribution in [0.5, 0.6) is 0 Å². The summed E-state index contributed by atoms with van der Waals surface area (Å²) in [6.45, 7) is 2.76. The molecular weight excluding hydrogens is 484 g/mol. The average Bonchev–Trinajstić information content (AvgIpc) is 3.17. The number of benzene rings is 2. The number of likely N-dealkylation sites (tertiary alicyclic amines) is 1. The van der Waals surface area contributed by atoms with Gasteiger partial charge in [-0.2, -0.15) is 0 Å². The molecule has 3 heterocycles. The molecule has 37 heavy (non-hydrogen) atoms. The Morgan fingerprint density at radius 3 is 2.32 bits per heavy atom. The standard InChI is InChI=1S/C26H29F2N5O4/c27-19-6-7-22(21(28)16-19)29-25(36)31-10-8-26(9-11-31)24(35)32(17-23(34)30-12-14-37-15-13-30)18-33(26)20-4-2-1-3-5-20/h1-7,16H,8-15,17-18H2,(H,29,36). The van der Waals surface area contributed by atoms with Gasteiger partial charge in [-0.1, -0.05) is 18.2 Å². The molecule has 0 radical (unpaired) electrons. The second kappa shape index (κ2) is 10.3. The van der Waals surface area contributed by atoms with Crippen molar-refractivity contribution in [2.45, 2.75) is 18.4 Å². The fourth-order valence-electron chi connectivity index (χ4n) is 5.26. The molecule has 0 atom stereocenters. The predicted molar refractivity (Wildman–Crippen MR) is 132 cm³/mol. The number of morpholine rings is 1. The Morgan fingerprint density at radius 1 is 0.946 bits per heavy atom. The Labute approximate surface area is 213 Å². The molecule has 0 unspecified atom stereocenters. The minimum absolute atomic E-state index is 0.0159. The number of rotatable bonds is 4. The van der Waals surface area contributed by atoms with Gasteiger partial charge in [-0.15, -0.1) is 0 Å². The first kappa shape index (κ1) is 24.9. The zero-order valence-corrected chi connectivity index (χ0v) is 20.4. The number of urea groups is 1. The van der Waals surface area contributed by atoms with E-state index in [-0.39, 0.29) is 43.8 Å². The average molecular weight is 514 g/mol. The summed E-state index contributed by atoms with van der Waals surface area (Å²) in [7, 11) is 0. The number of carbonyl (C=O) groups excluding carboxylic acids is 3. The molecule has 0 saturated carbocycles. The summed E-state index contributed by atoms with van der Waals surface area (Å²) >= 11 is 0. The van der Waals surface area contributed by atoms with Crippen LogP contribution in [0.2, 0.25) is 0 Å². The largest absolute Gasteiger partial charge is 0.378 e. The molecule has 4 amide bonds. The van der Waals surface area contributed by atoms with E-state index in [0.29, 0.717) is 45.2 Å². The van der Waals surface area contributed by atoms with Crippen molar-refractivity contribution in [1.82, 2.24) is 14.7 Å². The third-order valence-electron chi connectivity index (χ3n) is 7.32. The first-order valence-electron chi connectivity index (χ1n) is 12.4. The Bertz CT molecular complexity index is 1170. The normalized spacial score (nSPS) is 19.5. The summed E-state index contributed by atoms with van der Waals surface area (Å²) in [6, 6.07) is 12.0. The van der Waals surface area contributed by atoms with Crippen LogP contribution in [0.15, 0.2) is 48.5 Å². The van der Waals surface area contributed by atoms with Crippen molar-refractivity contribution in [2.24, 2.45) is 0 Å². The molecule has 11 heteroatoms. The van der Waals surface area contributed by atoms with E-state index in [1.165, 1.54) is 11.0 Å². The molecule has 5 rings (SSSR count). The van der Waals surface area contributed by atoms with Gasteiger partial charge < -0.3 is 29.7 Å². The molecule has 0 aromatic heterocycles. The van der Waals surface area contributed by atoms with Gasteiger partial charge in [-0.05, 0) is 37.1 Å². The van der Waals surface area contributed by atoms with E-state index < -0.39 is 23.2 Å². The van der Waals surface area contributed by atoms with E-state index in [9.17, 15) is 23.2 Å². The van der Waals surface area contributed by atoms with Crippen LogP contribution >= 0.6 is 0 Å². The maximum atomic E-state index is 14.0. The van der Waals surface area contributed by atoms with Crippen molar-refractivity contribution in [3.05, 3.63) is 60.2 Å². The smallest absolute Gasteiger partial charge is 0.321 e. The molecule has 2 aromatic carbocycles. The first-order chi connectivity index (χ1) is 17.9. The summed E-state index contributed by atoms with van der Waals surface area (Å²) in [5, 5.41) is 2.49. The van der Waals surface area contributed by atoms with Crippen LogP contribution in [0.1, 0.15) is 12.8 Å². The number of para-hydroxylation sites is 1. The Kier molecular flexibility index (Phi) is 6.96. The first-order valence-corrected chi connectivity index (χ1v) is 12.4. The van der Waals surface area contributed by atoms with Crippen LogP contribution in [0, 0.1) is 11.6 Å². The summed E-state index contributed by atoms with van der Waals surface area (Å²) in [5.74, 6) is -1.83. The third-order valence-corrected chi connectivity index (χ3v) is 7.32. The van der Waals surface area contributed by atoms with Gasteiger partial charge >= 0.3 is 6.03 Å². The SMILES string of the molecule is O=C(CN1CN(c2ccccc2)C2(CCN(C(=O)Nc3ccc(F)cc3F)CC2)C1=O)N1CCOCC1. The lowest BCUT2D eigenvalue weighted by molar-refractivity contribution is -0.143. The molecule has 3 saturated heterocycles. The van der Waals surface area contributed by atoms with Crippen molar-refractivity contribution < 1.29 is 27.9 Å². The Balaban J connectivity index is 1.31. The molecule has 3 aliphatic rings. The monoisotopic (exact) mass is 513 g/mol. The van der Waals surface area contributed by atoms with Crippen molar-refractivity contribution in [1.29, 1.82) is 0 Å². The van der Waals surface area contributed by atoms with E-state index in [4.69, 9.17) is 4.74 Å². The van der Waals surface area contributed by atoms with Crippen LogP contribution in [0.4, 0.5) is 25.0 Å². The van der Waals surface area contributed by atoms with Gasteiger partial charge in [0, 0.05) is 37.9 Å². The second-order valence-corrected chi connectivity index (χ2v) is 9.47. The minimum atomic E-state index is -0.898. The minimum Gasteiger partial charge on any atom is -0.378 e. The lowest BCUT2D eigenvalue weighted by atomic mass is 9.85. The number of halogens is 2. The van der Waals surface area contributed by atoms with Crippen LogP contribution in [0.25, 0.3) is 0 Å².